The van der Waals surface area contributed by atoms with Gasteiger partial charge >= 0.3 is 0 Å². The van der Waals surface area contributed by atoms with Gasteiger partial charge in [-0.2, -0.15) is 5.10 Å². The van der Waals surface area contributed by atoms with Crippen LogP contribution in [-0.4, -0.2) is 26.9 Å². The average molecular weight is 539 g/mol. The van der Waals surface area contributed by atoms with Gasteiger partial charge in [0.2, 0.25) is 0 Å². The first-order valence-corrected chi connectivity index (χ1v) is 13.4. The highest BCUT2D eigenvalue weighted by molar-refractivity contribution is 6.55. The first kappa shape index (κ1) is 21.4. The van der Waals surface area contributed by atoms with Crippen LogP contribution in [0.1, 0.15) is 18.4 Å². The predicted molar refractivity (Wildman–Crippen MR) is 138 cm³/mol. The molecule has 8 rings (SSSR count). The maximum absolute atomic E-state index is 7.34. The van der Waals surface area contributed by atoms with Crippen LogP contribution >= 0.6 is 58.0 Å². The van der Waals surface area contributed by atoms with E-state index in [0.717, 1.165) is 29.8 Å². The molecule has 0 aromatic heterocycles. The fourth-order valence-corrected chi connectivity index (χ4v) is 10.5. The van der Waals surface area contributed by atoms with Crippen LogP contribution in [0.3, 0.4) is 0 Å². The van der Waals surface area contributed by atoms with E-state index in [9.17, 15) is 0 Å². The monoisotopic (exact) mass is 536 g/mol. The Morgan fingerprint density at radius 3 is 1.97 bits per heavy atom. The van der Waals surface area contributed by atoms with Crippen LogP contribution in [0.2, 0.25) is 0 Å². The second-order valence-corrected chi connectivity index (χ2v) is 12.5. The van der Waals surface area contributed by atoms with Crippen LogP contribution in [0.15, 0.2) is 75.8 Å². The minimum absolute atomic E-state index is 0.0608. The zero-order chi connectivity index (χ0) is 22.7. The van der Waals surface area contributed by atoms with Gasteiger partial charge in [0.25, 0.3) is 0 Å². The highest BCUT2D eigenvalue weighted by Crippen LogP contribution is 2.77. The van der Waals surface area contributed by atoms with E-state index < -0.39 is 15.1 Å². The van der Waals surface area contributed by atoms with Crippen LogP contribution in [0.25, 0.3) is 0 Å². The van der Waals surface area contributed by atoms with E-state index in [4.69, 9.17) is 63.1 Å². The molecule has 0 radical (unpaired) electrons. The van der Waals surface area contributed by atoms with Gasteiger partial charge in [0.05, 0.1) is 32.9 Å². The fourth-order valence-electron chi connectivity index (χ4n) is 7.84. The lowest BCUT2D eigenvalue weighted by Crippen LogP contribution is -2.62. The first-order valence-electron chi connectivity index (χ1n) is 11.5. The van der Waals surface area contributed by atoms with E-state index in [1.54, 1.807) is 0 Å². The molecule has 0 amide bonds. The molecule has 5 aliphatic carbocycles. The number of fused-ring (bicyclic) bond motifs is 3. The van der Waals surface area contributed by atoms with E-state index in [-0.39, 0.29) is 35.6 Å². The molecular formula is C26H21Cl5N2. The lowest BCUT2D eigenvalue weighted by atomic mass is 9.49. The van der Waals surface area contributed by atoms with Crippen molar-refractivity contribution in [1.29, 1.82) is 0 Å². The molecule has 4 saturated carbocycles. The molecule has 1 aliphatic heterocycles. The third-order valence-electron chi connectivity index (χ3n) is 8.89. The molecule has 9 atom stereocenters. The van der Waals surface area contributed by atoms with Crippen molar-refractivity contribution in [1.82, 2.24) is 0 Å². The number of para-hydroxylation sites is 1. The zero-order valence-electron chi connectivity index (χ0n) is 17.5. The third kappa shape index (κ3) is 2.43. The Labute approximate surface area is 218 Å². The maximum atomic E-state index is 7.34. The van der Waals surface area contributed by atoms with Crippen molar-refractivity contribution in [2.45, 2.75) is 34.0 Å². The molecule has 7 heteroatoms. The SMILES string of the molecule is ClC1=C(Cl)[C@]2(Cl)[C@@H]3[C@H]4CC[C@H]([C@@H]5C(c6ccccc6)=NN(c6ccccc6)[C@H]45)[C@@H]3[C@@]1(Cl)[C@@H]2Cl. The zero-order valence-corrected chi connectivity index (χ0v) is 21.3. The van der Waals surface area contributed by atoms with Gasteiger partial charge in [0, 0.05) is 5.92 Å². The van der Waals surface area contributed by atoms with Gasteiger partial charge in [0.1, 0.15) is 9.75 Å². The molecule has 0 spiro atoms. The third-order valence-corrected chi connectivity index (χ3v) is 12.4. The summed E-state index contributed by atoms with van der Waals surface area (Å²) in [5, 5.41) is 7.85. The summed E-state index contributed by atoms with van der Waals surface area (Å²) in [6.07, 6.45) is 2.12. The van der Waals surface area contributed by atoms with Crippen LogP contribution in [0.5, 0.6) is 0 Å². The number of halogens is 5. The molecule has 0 N–H and O–H groups in total. The van der Waals surface area contributed by atoms with E-state index in [1.807, 2.05) is 12.1 Å². The van der Waals surface area contributed by atoms with Crippen LogP contribution < -0.4 is 5.01 Å². The molecule has 1 heterocycles. The normalized spacial score (nSPS) is 44.8. The van der Waals surface area contributed by atoms with Crippen molar-refractivity contribution in [3.63, 3.8) is 0 Å². The summed E-state index contributed by atoms with van der Waals surface area (Å²) in [5.41, 5.74) is 3.38. The Balaban J connectivity index is 1.43. The van der Waals surface area contributed by atoms with Crippen molar-refractivity contribution >= 4 is 69.4 Å². The highest BCUT2D eigenvalue weighted by atomic mass is 35.5. The summed E-state index contributed by atoms with van der Waals surface area (Å²) in [6.45, 7) is 0. The standard InChI is InChI=1S/C26H21Cl5N2/c27-22-23(28)26(31)19-16-12-11-15(18(19)25(22,30)24(26)29)17-20(13-7-3-1-4-8-13)32-33(21(16)17)14-9-5-2-6-10-14/h1-10,15-19,21,24H,11-12H2/t15-,16-,17-,18+,19-,21-,24+,25+,26-/m1/s1. The first-order chi connectivity index (χ1) is 15.9. The Kier molecular flexibility index (Phi) is 4.59. The number of nitrogens with zero attached hydrogens (tertiary/aromatic N) is 2. The number of hydrogen-bond donors (Lipinski definition) is 0. The van der Waals surface area contributed by atoms with Crippen molar-refractivity contribution in [2.24, 2.45) is 34.7 Å². The fraction of sp³-hybridized carbons (Fsp3) is 0.423. The minimum Gasteiger partial charge on any atom is -0.261 e. The van der Waals surface area contributed by atoms with Gasteiger partial charge < -0.3 is 0 Å². The van der Waals surface area contributed by atoms with Crippen LogP contribution in [-0.2, 0) is 0 Å². The smallest absolute Gasteiger partial charge is 0.103 e. The second kappa shape index (κ2) is 7.08. The number of anilines is 1. The Hall–Kier alpha value is -0.900. The molecule has 0 unspecified atom stereocenters. The summed E-state index contributed by atoms with van der Waals surface area (Å²) >= 11 is 35.2. The topological polar surface area (TPSA) is 15.6 Å². The Morgan fingerprint density at radius 1 is 0.788 bits per heavy atom. The summed E-state index contributed by atoms with van der Waals surface area (Å²) in [4.78, 5) is -1.86. The molecule has 2 nitrogen and oxygen atoms in total. The van der Waals surface area contributed by atoms with Gasteiger partial charge in [-0.15, -0.1) is 34.8 Å². The highest BCUT2D eigenvalue weighted by Gasteiger charge is 2.81. The van der Waals surface area contributed by atoms with Crippen molar-refractivity contribution in [3.8, 4) is 0 Å². The quantitative estimate of drug-likeness (QED) is 0.363. The largest absolute Gasteiger partial charge is 0.261 e. The molecule has 0 saturated heterocycles. The molecule has 2 aromatic carbocycles. The molecule has 2 aromatic rings. The average Bonchev–Trinajstić information content (AvgIpc) is 3.40. The summed E-state index contributed by atoms with van der Waals surface area (Å²) in [6, 6.07) is 21.1. The lowest BCUT2D eigenvalue weighted by molar-refractivity contribution is -0.0131. The molecule has 170 valence electrons. The maximum Gasteiger partial charge on any atom is 0.103 e. The summed E-state index contributed by atoms with van der Waals surface area (Å²) in [7, 11) is 0. The number of hydrazone groups is 1. The van der Waals surface area contributed by atoms with E-state index in [2.05, 4.69) is 53.5 Å². The Bertz CT molecular complexity index is 1200. The minimum atomic E-state index is -0.932. The lowest BCUT2D eigenvalue weighted by Gasteiger charge is -2.59. The van der Waals surface area contributed by atoms with Crippen molar-refractivity contribution in [3.05, 3.63) is 76.3 Å². The van der Waals surface area contributed by atoms with Crippen molar-refractivity contribution in [2.75, 3.05) is 5.01 Å². The number of alkyl halides is 3. The molecule has 4 fully saturated rings. The van der Waals surface area contributed by atoms with E-state index >= 15 is 0 Å². The number of benzene rings is 2. The molecular weight excluding hydrogens is 518 g/mol. The summed E-state index contributed by atoms with van der Waals surface area (Å²) < 4.78 is 0. The van der Waals surface area contributed by atoms with Gasteiger partial charge in [-0.25, -0.2) is 0 Å². The molecule has 33 heavy (non-hydrogen) atoms. The molecule has 6 aliphatic rings. The van der Waals surface area contributed by atoms with E-state index in [0.29, 0.717) is 10.1 Å². The molecule has 4 bridgehead atoms. The van der Waals surface area contributed by atoms with Crippen molar-refractivity contribution < 1.29 is 0 Å². The van der Waals surface area contributed by atoms with Gasteiger partial charge in [-0.3, -0.25) is 5.01 Å². The number of hydrogen-bond acceptors (Lipinski definition) is 2. The van der Waals surface area contributed by atoms with Crippen LogP contribution in [0.4, 0.5) is 5.69 Å². The van der Waals surface area contributed by atoms with Gasteiger partial charge in [0.15, 0.2) is 0 Å². The number of allylic oxidation sites excluding steroid dienone is 2. The van der Waals surface area contributed by atoms with Gasteiger partial charge in [-0.05, 0) is 54.2 Å². The van der Waals surface area contributed by atoms with E-state index in [1.165, 1.54) is 0 Å². The predicted octanol–water partition coefficient (Wildman–Crippen LogP) is 7.45. The number of rotatable bonds is 2. The Morgan fingerprint density at radius 2 is 1.33 bits per heavy atom. The van der Waals surface area contributed by atoms with Crippen LogP contribution in [0, 0.1) is 29.6 Å². The summed E-state index contributed by atoms with van der Waals surface area (Å²) in [5.74, 6) is 0.892. The second-order valence-electron chi connectivity index (χ2n) is 10.0. The van der Waals surface area contributed by atoms with Gasteiger partial charge in [-0.1, -0.05) is 71.7 Å².